The molecule has 1 amide bonds. The first-order valence-corrected chi connectivity index (χ1v) is 10.2. The average Bonchev–Trinajstić information content (AvgIpc) is 3.06. The van der Waals surface area contributed by atoms with Crippen molar-refractivity contribution in [1.82, 2.24) is 19.8 Å². The van der Waals surface area contributed by atoms with E-state index in [0.717, 1.165) is 22.4 Å². The predicted molar refractivity (Wildman–Crippen MR) is 114 cm³/mol. The van der Waals surface area contributed by atoms with Crippen molar-refractivity contribution in [3.05, 3.63) is 71.0 Å². The van der Waals surface area contributed by atoms with Crippen LogP contribution in [0, 0.1) is 13.8 Å². The van der Waals surface area contributed by atoms with Gasteiger partial charge in [0.1, 0.15) is 12.4 Å². The van der Waals surface area contributed by atoms with Crippen molar-refractivity contribution in [2.75, 3.05) is 18.6 Å². The Kier molecular flexibility index (Phi) is 6.77. The van der Waals surface area contributed by atoms with E-state index < -0.39 is 0 Å². The quantitative estimate of drug-likeness (QED) is 0.453. The molecule has 0 aliphatic rings. The molecular weight excluding hydrogens is 386 g/mol. The van der Waals surface area contributed by atoms with E-state index in [1.54, 1.807) is 11.9 Å². The SMILES string of the molecule is Cc1cccc(C)c1OCc1nnc(SCC(=O)N(C)Cc2ccccc2)n1N. The number of thioether (sulfide) groups is 1. The van der Waals surface area contributed by atoms with E-state index in [1.807, 2.05) is 62.4 Å². The lowest BCUT2D eigenvalue weighted by molar-refractivity contribution is -0.127. The number of carbonyl (C=O) groups excluding carboxylic acids is 1. The van der Waals surface area contributed by atoms with Gasteiger partial charge in [0.15, 0.2) is 5.82 Å². The van der Waals surface area contributed by atoms with Gasteiger partial charge in [-0.25, -0.2) is 4.68 Å². The lowest BCUT2D eigenvalue weighted by atomic mass is 10.1. The normalized spacial score (nSPS) is 10.7. The summed E-state index contributed by atoms with van der Waals surface area (Å²) >= 11 is 1.26. The number of carbonyl (C=O) groups is 1. The highest BCUT2D eigenvalue weighted by molar-refractivity contribution is 7.99. The minimum atomic E-state index is -0.00446. The fourth-order valence-electron chi connectivity index (χ4n) is 2.85. The molecule has 1 heterocycles. The number of ether oxygens (including phenoxy) is 1. The van der Waals surface area contributed by atoms with Crippen LogP contribution in [-0.2, 0) is 17.9 Å². The van der Waals surface area contributed by atoms with Crippen molar-refractivity contribution < 1.29 is 9.53 Å². The lowest BCUT2D eigenvalue weighted by Crippen LogP contribution is -2.28. The second kappa shape index (κ2) is 9.47. The summed E-state index contributed by atoms with van der Waals surface area (Å²) in [5.74, 6) is 7.65. The van der Waals surface area contributed by atoms with Gasteiger partial charge in [0, 0.05) is 13.6 Å². The topological polar surface area (TPSA) is 86.3 Å². The highest BCUT2D eigenvalue weighted by Gasteiger charge is 2.15. The number of nitrogens with zero attached hydrogens (tertiary/aromatic N) is 4. The number of rotatable bonds is 8. The molecule has 7 nitrogen and oxygen atoms in total. The van der Waals surface area contributed by atoms with Gasteiger partial charge in [0.25, 0.3) is 0 Å². The molecular formula is C21H25N5O2S. The van der Waals surface area contributed by atoms with Crippen LogP contribution in [0.3, 0.4) is 0 Å². The summed E-state index contributed by atoms with van der Waals surface area (Å²) in [4.78, 5) is 14.1. The van der Waals surface area contributed by atoms with Crippen molar-refractivity contribution >= 4 is 17.7 Å². The molecule has 0 aliphatic heterocycles. The summed E-state index contributed by atoms with van der Waals surface area (Å²) in [7, 11) is 1.78. The van der Waals surface area contributed by atoms with Gasteiger partial charge in [-0.3, -0.25) is 4.79 Å². The molecule has 152 valence electrons. The Labute approximate surface area is 174 Å². The maximum atomic E-state index is 12.4. The summed E-state index contributed by atoms with van der Waals surface area (Å²) in [6.45, 7) is 4.75. The molecule has 1 aromatic heterocycles. The molecule has 0 spiro atoms. The minimum Gasteiger partial charge on any atom is -0.485 e. The Bertz CT molecular complexity index is 954. The van der Waals surface area contributed by atoms with Crippen LogP contribution in [0.15, 0.2) is 53.7 Å². The van der Waals surface area contributed by atoms with Gasteiger partial charge < -0.3 is 15.5 Å². The molecule has 0 saturated carbocycles. The molecule has 29 heavy (non-hydrogen) atoms. The molecule has 8 heteroatoms. The number of benzene rings is 2. The van der Waals surface area contributed by atoms with Crippen LogP contribution in [0.25, 0.3) is 0 Å². The van der Waals surface area contributed by atoms with Gasteiger partial charge in [-0.15, -0.1) is 10.2 Å². The Morgan fingerprint density at radius 2 is 1.79 bits per heavy atom. The Balaban J connectivity index is 1.54. The third-order valence-corrected chi connectivity index (χ3v) is 5.43. The fraction of sp³-hybridized carbons (Fsp3) is 0.286. The fourth-order valence-corrected chi connectivity index (χ4v) is 3.67. The van der Waals surface area contributed by atoms with Gasteiger partial charge in [-0.2, -0.15) is 0 Å². The van der Waals surface area contributed by atoms with Gasteiger partial charge in [0.05, 0.1) is 5.75 Å². The van der Waals surface area contributed by atoms with E-state index in [2.05, 4.69) is 10.2 Å². The summed E-state index contributed by atoms with van der Waals surface area (Å²) in [6, 6.07) is 15.8. The molecule has 3 aromatic rings. The van der Waals surface area contributed by atoms with E-state index in [1.165, 1.54) is 16.4 Å². The highest BCUT2D eigenvalue weighted by Crippen LogP contribution is 2.23. The second-order valence-corrected chi connectivity index (χ2v) is 7.74. The van der Waals surface area contributed by atoms with E-state index in [-0.39, 0.29) is 18.3 Å². The maximum Gasteiger partial charge on any atom is 0.233 e. The zero-order valence-corrected chi connectivity index (χ0v) is 17.6. The van der Waals surface area contributed by atoms with Gasteiger partial charge >= 0.3 is 0 Å². The molecule has 2 N–H and O–H groups in total. The Morgan fingerprint density at radius 3 is 2.48 bits per heavy atom. The lowest BCUT2D eigenvalue weighted by Gasteiger charge is -2.16. The van der Waals surface area contributed by atoms with Crippen LogP contribution >= 0.6 is 11.8 Å². The number of para-hydroxylation sites is 1. The highest BCUT2D eigenvalue weighted by atomic mass is 32.2. The molecule has 0 radical (unpaired) electrons. The number of nitrogens with two attached hydrogens (primary N) is 1. The second-order valence-electron chi connectivity index (χ2n) is 6.80. The van der Waals surface area contributed by atoms with Crippen LogP contribution in [0.5, 0.6) is 5.75 Å². The zero-order valence-electron chi connectivity index (χ0n) is 16.8. The monoisotopic (exact) mass is 411 g/mol. The number of hydrogen-bond donors (Lipinski definition) is 1. The first kappa shape index (κ1) is 20.7. The molecule has 0 fully saturated rings. The zero-order chi connectivity index (χ0) is 20.8. The molecule has 0 saturated heterocycles. The van der Waals surface area contributed by atoms with E-state index >= 15 is 0 Å². The van der Waals surface area contributed by atoms with E-state index in [4.69, 9.17) is 10.6 Å². The average molecular weight is 412 g/mol. The van der Waals surface area contributed by atoms with Crippen molar-refractivity contribution in [2.45, 2.75) is 32.2 Å². The minimum absolute atomic E-state index is 0.00446. The Hall–Kier alpha value is -3.00. The number of nitrogen functional groups attached to an aromatic ring is 1. The van der Waals surface area contributed by atoms with Crippen molar-refractivity contribution in [2.24, 2.45) is 0 Å². The predicted octanol–water partition coefficient (Wildman–Crippen LogP) is 2.94. The molecule has 0 aliphatic carbocycles. The summed E-state index contributed by atoms with van der Waals surface area (Å²) in [5.41, 5.74) is 3.19. The third kappa shape index (κ3) is 5.29. The van der Waals surface area contributed by atoms with E-state index in [9.17, 15) is 4.79 Å². The summed E-state index contributed by atoms with van der Waals surface area (Å²) in [6.07, 6.45) is 0. The first-order chi connectivity index (χ1) is 14.0. The van der Waals surface area contributed by atoms with Gasteiger partial charge in [-0.05, 0) is 30.5 Å². The molecule has 0 bridgehead atoms. The summed E-state index contributed by atoms with van der Waals surface area (Å²) in [5, 5.41) is 8.66. The largest absolute Gasteiger partial charge is 0.485 e. The maximum absolute atomic E-state index is 12.4. The molecule has 0 atom stereocenters. The standard InChI is InChI=1S/C21H25N5O2S/c1-15-8-7-9-16(2)20(15)28-13-18-23-24-21(26(18)22)29-14-19(27)25(3)12-17-10-5-4-6-11-17/h4-11H,12-14,22H2,1-3H3. The van der Waals surface area contributed by atoms with Crippen molar-refractivity contribution in [3.63, 3.8) is 0 Å². The smallest absolute Gasteiger partial charge is 0.233 e. The molecule has 0 unspecified atom stereocenters. The number of aryl methyl sites for hydroxylation is 2. The van der Waals surface area contributed by atoms with Crippen LogP contribution in [0.4, 0.5) is 0 Å². The van der Waals surface area contributed by atoms with Crippen LogP contribution in [-0.4, -0.2) is 38.5 Å². The number of amides is 1. The van der Waals surface area contributed by atoms with Crippen molar-refractivity contribution in [1.29, 1.82) is 0 Å². The number of hydrogen-bond acceptors (Lipinski definition) is 6. The first-order valence-electron chi connectivity index (χ1n) is 9.24. The van der Waals surface area contributed by atoms with Crippen molar-refractivity contribution in [3.8, 4) is 5.75 Å². The Morgan fingerprint density at radius 1 is 1.10 bits per heavy atom. The number of aromatic nitrogens is 3. The molecule has 2 aromatic carbocycles. The summed E-state index contributed by atoms with van der Waals surface area (Å²) < 4.78 is 7.27. The van der Waals surface area contributed by atoms with Gasteiger partial charge in [0.2, 0.25) is 11.1 Å². The molecule has 3 rings (SSSR count). The third-order valence-electron chi connectivity index (χ3n) is 4.50. The van der Waals surface area contributed by atoms with Gasteiger partial charge in [-0.1, -0.05) is 60.3 Å². The van der Waals surface area contributed by atoms with Crippen LogP contribution in [0.2, 0.25) is 0 Å². The van der Waals surface area contributed by atoms with Crippen LogP contribution in [0.1, 0.15) is 22.5 Å². The van der Waals surface area contributed by atoms with E-state index in [0.29, 0.717) is 17.5 Å². The van der Waals surface area contributed by atoms with Crippen LogP contribution < -0.4 is 10.6 Å².